The Kier molecular flexibility index (Phi) is 4.08. The zero-order valence-corrected chi connectivity index (χ0v) is 13.7. The molecule has 2 saturated heterocycles. The molecule has 2 heterocycles. The maximum atomic E-state index is 12.3. The number of carbonyl (C=O) groups is 2. The van der Waals surface area contributed by atoms with E-state index in [1.807, 2.05) is 6.92 Å². The number of rotatable bonds is 2. The molecular weight excluding hydrogens is 314 g/mol. The van der Waals surface area contributed by atoms with Gasteiger partial charge in [-0.25, -0.2) is 14.8 Å². The highest BCUT2D eigenvalue weighted by Crippen LogP contribution is 2.38. The molecule has 3 rings (SSSR count). The second-order valence-electron chi connectivity index (χ2n) is 6.30. The average Bonchev–Trinajstić information content (AvgIpc) is 2.54. The molecule has 130 valence electrons. The van der Waals surface area contributed by atoms with Crippen LogP contribution in [0.25, 0.3) is 0 Å². The van der Waals surface area contributed by atoms with Crippen LogP contribution in [-0.4, -0.2) is 53.4 Å². The van der Waals surface area contributed by atoms with Crippen LogP contribution in [0.2, 0.25) is 0 Å². The van der Waals surface area contributed by atoms with Crippen molar-refractivity contribution in [3.8, 4) is 0 Å². The molecule has 24 heavy (non-hydrogen) atoms. The van der Waals surface area contributed by atoms with Crippen LogP contribution in [0.5, 0.6) is 0 Å². The number of hydrogen-bond acceptors (Lipinski definition) is 4. The van der Waals surface area contributed by atoms with Crippen molar-refractivity contribution in [3.63, 3.8) is 0 Å². The number of nitrogens with one attached hydrogen (secondary N) is 3. The molecule has 0 saturated carbocycles. The van der Waals surface area contributed by atoms with Gasteiger partial charge in [-0.2, -0.15) is 5.23 Å². The number of amides is 4. The fourth-order valence-corrected chi connectivity index (χ4v) is 3.57. The highest BCUT2D eigenvalue weighted by molar-refractivity contribution is 5.80. The summed E-state index contributed by atoms with van der Waals surface area (Å²) in [6.45, 7) is 1.91. The number of quaternary nitrogens is 1. The Morgan fingerprint density at radius 1 is 1.08 bits per heavy atom. The highest BCUT2D eigenvalue weighted by atomic mass is 16.8. The molecule has 0 aliphatic carbocycles. The summed E-state index contributed by atoms with van der Waals surface area (Å²) in [6, 6.07) is 5.60. The molecule has 1 aromatic carbocycles. The van der Waals surface area contributed by atoms with Crippen molar-refractivity contribution in [1.82, 2.24) is 20.4 Å². The molecule has 4 N–H and O–H groups in total. The number of nitrogens with zero attached hydrogens (tertiary/aromatic N) is 2. The van der Waals surface area contributed by atoms with Crippen molar-refractivity contribution >= 4 is 17.7 Å². The molecule has 4 amide bonds. The largest absolute Gasteiger partial charge is 0.595 e. The fourth-order valence-electron chi connectivity index (χ4n) is 3.57. The van der Waals surface area contributed by atoms with Crippen molar-refractivity contribution in [2.24, 2.45) is 5.92 Å². The SMILES string of the molecule is C[C@H]1NC(=O)N(C)[C@@H]2NC(=O)N(C)[C@@H](c3ccc([NH+]([O-])O)cc3)[C@H]21. The van der Waals surface area contributed by atoms with Crippen LogP contribution in [-0.2, 0) is 0 Å². The maximum absolute atomic E-state index is 12.3. The molecule has 9 nitrogen and oxygen atoms in total. The lowest BCUT2D eigenvalue weighted by molar-refractivity contribution is -0.991. The van der Waals surface area contributed by atoms with E-state index >= 15 is 0 Å². The topological polar surface area (TPSA) is 112 Å². The summed E-state index contributed by atoms with van der Waals surface area (Å²) in [5, 5.41) is 24.9. The lowest BCUT2D eigenvalue weighted by atomic mass is 9.81. The van der Waals surface area contributed by atoms with Crippen molar-refractivity contribution in [3.05, 3.63) is 35.0 Å². The number of benzene rings is 1. The van der Waals surface area contributed by atoms with Crippen LogP contribution in [0.4, 0.5) is 15.3 Å². The first-order chi connectivity index (χ1) is 11.3. The molecule has 9 heteroatoms. The molecule has 5 atom stereocenters. The normalized spacial score (nSPS) is 31.2. The highest BCUT2D eigenvalue weighted by Gasteiger charge is 2.49. The minimum absolute atomic E-state index is 0.0777. The Labute approximate surface area is 139 Å². The molecule has 2 fully saturated rings. The minimum atomic E-state index is -0.993. The first-order valence-electron chi connectivity index (χ1n) is 7.71. The molecule has 1 aromatic rings. The van der Waals surface area contributed by atoms with Crippen LogP contribution in [0.15, 0.2) is 24.3 Å². The van der Waals surface area contributed by atoms with Crippen molar-refractivity contribution in [1.29, 1.82) is 0 Å². The number of urea groups is 2. The Bertz CT molecular complexity index is 650. The lowest BCUT2D eigenvalue weighted by Crippen LogP contribution is -2.99. The van der Waals surface area contributed by atoms with E-state index in [0.717, 1.165) is 5.56 Å². The number of hydrogen-bond donors (Lipinski definition) is 4. The van der Waals surface area contributed by atoms with Gasteiger partial charge in [-0.05, 0) is 12.5 Å². The van der Waals surface area contributed by atoms with Crippen molar-refractivity contribution in [2.45, 2.75) is 25.2 Å². The van der Waals surface area contributed by atoms with E-state index in [1.54, 1.807) is 31.1 Å². The third kappa shape index (κ3) is 2.56. The van der Waals surface area contributed by atoms with Gasteiger partial charge in [-0.1, -0.05) is 12.1 Å². The number of fused-ring (bicyclic) bond motifs is 1. The van der Waals surface area contributed by atoms with Gasteiger partial charge in [0.1, 0.15) is 6.17 Å². The monoisotopic (exact) mass is 335 g/mol. The quantitative estimate of drug-likeness (QED) is 0.559. The van der Waals surface area contributed by atoms with Crippen LogP contribution in [0.1, 0.15) is 18.5 Å². The van der Waals surface area contributed by atoms with Gasteiger partial charge < -0.3 is 25.6 Å². The standard InChI is InChI=1S/C15H21N5O4/c1-8-11-12(9-4-6-10(7-5-9)20(23)24)18(2)15(22)17-13(11)19(3)14(21)16-8/h4-8,11-13,20,23H,1-3H3,(H,16,21)(H,17,22)/t8-,11-,12+,13+/m1/s1. The van der Waals surface area contributed by atoms with Gasteiger partial charge in [0.05, 0.1) is 6.04 Å². The van der Waals surface area contributed by atoms with E-state index in [-0.39, 0.29) is 35.8 Å². The summed E-state index contributed by atoms with van der Waals surface area (Å²) in [4.78, 5) is 27.4. The summed E-state index contributed by atoms with van der Waals surface area (Å²) in [7, 11) is 3.35. The van der Waals surface area contributed by atoms with Crippen molar-refractivity contribution in [2.75, 3.05) is 14.1 Å². The van der Waals surface area contributed by atoms with Crippen molar-refractivity contribution < 1.29 is 20.0 Å². The van der Waals surface area contributed by atoms with Crippen LogP contribution >= 0.6 is 0 Å². The zero-order chi connectivity index (χ0) is 17.6. The Morgan fingerprint density at radius 3 is 2.25 bits per heavy atom. The second kappa shape index (κ2) is 5.93. The van der Waals surface area contributed by atoms with E-state index < -0.39 is 11.4 Å². The van der Waals surface area contributed by atoms with Gasteiger partial charge >= 0.3 is 12.1 Å². The summed E-state index contributed by atoms with van der Waals surface area (Å²) < 4.78 is 0. The first kappa shape index (κ1) is 16.5. The van der Waals surface area contributed by atoms with Crippen LogP contribution < -0.4 is 15.9 Å². The lowest BCUT2D eigenvalue weighted by Gasteiger charge is -2.52. The van der Waals surface area contributed by atoms with Crippen LogP contribution in [0, 0.1) is 11.1 Å². The third-order valence-corrected chi connectivity index (χ3v) is 4.90. The van der Waals surface area contributed by atoms with Crippen LogP contribution in [0.3, 0.4) is 0 Å². The molecular formula is C15H21N5O4. The van der Waals surface area contributed by atoms with Gasteiger partial charge in [0.2, 0.25) is 0 Å². The van der Waals surface area contributed by atoms with E-state index in [0.29, 0.717) is 0 Å². The van der Waals surface area contributed by atoms with Gasteiger partial charge in [-0.15, -0.1) is 0 Å². The Hall–Kier alpha value is -2.36. The predicted octanol–water partition coefficient (Wildman–Crippen LogP) is -0.228. The maximum Gasteiger partial charge on any atom is 0.319 e. The molecule has 0 aromatic heterocycles. The van der Waals surface area contributed by atoms with Gasteiger partial charge in [0.15, 0.2) is 5.69 Å². The second-order valence-corrected chi connectivity index (χ2v) is 6.30. The number of carbonyl (C=O) groups excluding carboxylic acids is 2. The molecule has 0 spiro atoms. The molecule has 2 aliphatic heterocycles. The average molecular weight is 335 g/mol. The van der Waals surface area contributed by atoms with E-state index in [9.17, 15) is 14.8 Å². The first-order valence-corrected chi connectivity index (χ1v) is 7.71. The minimum Gasteiger partial charge on any atom is -0.595 e. The van der Waals surface area contributed by atoms with E-state index in [4.69, 9.17) is 5.21 Å². The fraction of sp³-hybridized carbons (Fsp3) is 0.467. The van der Waals surface area contributed by atoms with Gasteiger partial charge in [-0.3, -0.25) is 0 Å². The summed E-state index contributed by atoms with van der Waals surface area (Å²) in [5.41, 5.74) is 1.03. The summed E-state index contributed by atoms with van der Waals surface area (Å²) in [6.07, 6.45) is -0.415. The van der Waals surface area contributed by atoms with Gasteiger partial charge in [0, 0.05) is 38.2 Å². The molecule has 1 unspecified atom stereocenters. The van der Waals surface area contributed by atoms with Gasteiger partial charge in [0.25, 0.3) is 0 Å². The Morgan fingerprint density at radius 2 is 1.67 bits per heavy atom. The smallest absolute Gasteiger partial charge is 0.319 e. The zero-order valence-electron chi connectivity index (χ0n) is 13.7. The third-order valence-electron chi connectivity index (χ3n) is 4.90. The van der Waals surface area contributed by atoms with E-state index in [1.165, 1.54) is 17.0 Å². The summed E-state index contributed by atoms with van der Waals surface area (Å²) >= 11 is 0. The molecule has 2 aliphatic rings. The summed E-state index contributed by atoms with van der Waals surface area (Å²) in [5.74, 6) is -0.0777. The predicted molar refractivity (Wildman–Crippen MR) is 84.3 cm³/mol. The molecule has 0 bridgehead atoms. The van der Waals surface area contributed by atoms with E-state index in [2.05, 4.69) is 10.6 Å². The Balaban J connectivity index is 1.99. The molecule has 0 radical (unpaired) electrons.